The Morgan fingerprint density at radius 2 is 2.23 bits per heavy atom. The summed E-state index contributed by atoms with van der Waals surface area (Å²) >= 11 is 0. The van der Waals surface area contributed by atoms with Crippen molar-refractivity contribution < 1.29 is 0 Å². The summed E-state index contributed by atoms with van der Waals surface area (Å²) in [6, 6.07) is 0. The molecule has 0 aromatic heterocycles. The molecule has 13 heavy (non-hydrogen) atoms. The highest BCUT2D eigenvalue weighted by Gasteiger charge is 2.58. The molecule has 2 aliphatic heterocycles. The van der Waals surface area contributed by atoms with Gasteiger partial charge in [-0.05, 0) is 44.1 Å². The maximum atomic E-state index is 2.85. The van der Waals surface area contributed by atoms with Gasteiger partial charge in [-0.3, -0.25) is 4.90 Å². The second-order valence-electron chi connectivity index (χ2n) is 5.32. The Bertz CT molecular complexity index is 209. The van der Waals surface area contributed by atoms with Crippen molar-refractivity contribution in [3.05, 3.63) is 0 Å². The zero-order valence-corrected chi connectivity index (χ0v) is 8.76. The molecule has 0 amide bonds. The minimum absolute atomic E-state index is 0.735. The van der Waals surface area contributed by atoms with Gasteiger partial charge in [-0.1, -0.05) is 19.8 Å². The van der Waals surface area contributed by atoms with E-state index >= 15 is 0 Å². The molecule has 0 N–H and O–H groups in total. The molecule has 1 heteroatoms. The fraction of sp³-hybridized carbons (Fsp3) is 1.00. The number of piperidine rings is 1. The number of nitrogens with zero attached hydrogens (tertiary/aromatic N) is 1. The van der Waals surface area contributed by atoms with Gasteiger partial charge in [0.1, 0.15) is 0 Å². The van der Waals surface area contributed by atoms with Crippen LogP contribution in [0.2, 0.25) is 0 Å². The largest absolute Gasteiger partial charge is 0.297 e. The van der Waals surface area contributed by atoms with Gasteiger partial charge >= 0.3 is 0 Å². The zero-order valence-electron chi connectivity index (χ0n) is 8.76. The van der Waals surface area contributed by atoms with Crippen LogP contribution in [0.1, 0.15) is 45.4 Å². The first-order chi connectivity index (χ1) is 6.37. The molecule has 1 aliphatic carbocycles. The summed E-state index contributed by atoms with van der Waals surface area (Å²) in [7, 11) is 0. The van der Waals surface area contributed by atoms with Crippen molar-refractivity contribution in [2.24, 2.45) is 11.8 Å². The summed E-state index contributed by atoms with van der Waals surface area (Å²) in [5.41, 5.74) is 0.735. The molecule has 74 valence electrons. The maximum absolute atomic E-state index is 2.85. The molecule has 0 aromatic carbocycles. The predicted octanol–water partition coefficient (Wildman–Crippen LogP) is 2.66. The second kappa shape index (κ2) is 2.73. The number of hydrogen-bond donors (Lipinski definition) is 0. The lowest BCUT2D eigenvalue weighted by Crippen LogP contribution is -2.56. The molecule has 3 fully saturated rings. The highest BCUT2D eigenvalue weighted by molar-refractivity contribution is 5.12. The van der Waals surface area contributed by atoms with Crippen molar-refractivity contribution in [2.75, 3.05) is 13.1 Å². The van der Waals surface area contributed by atoms with E-state index in [4.69, 9.17) is 0 Å². The Morgan fingerprint density at radius 3 is 2.85 bits per heavy atom. The van der Waals surface area contributed by atoms with E-state index in [1.54, 1.807) is 0 Å². The summed E-state index contributed by atoms with van der Waals surface area (Å²) in [5.74, 6) is 2.14. The van der Waals surface area contributed by atoms with Crippen LogP contribution in [0, 0.1) is 11.8 Å². The zero-order chi connectivity index (χ0) is 8.89. The van der Waals surface area contributed by atoms with Gasteiger partial charge in [0.25, 0.3) is 0 Å². The third-order valence-corrected chi connectivity index (χ3v) is 5.04. The van der Waals surface area contributed by atoms with Crippen LogP contribution in [0.25, 0.3) is 0 Å². The SMILES string of the molecule is CCC1CN2CCCCC23CCC13. The monoisotopic (exact) mass is 179 g/mol. The third kappa shape index (κ3) is 0.918. The summed E-state index contributed by atoms with van der Waals surface area (Å²) in [5, 5.41) is 0. The van der Waals surface area contributed by atoms with Crippen molar-refractivity contribution >= 4 is 0 Å². The molecule has 0 aromatic rings. The average Bonchev–Trinajstić information content (AvgIpc) is 2.36. The van der Waals surface area contributed by atoms with Gasteiger partial charge in [0.05, 0.1) is 0 Å². The second-order valence-corrected chi connectivity index (χ2v) is 5.32. The Morgan fingerprint density at radius 1 is 1.31 bits per heavy atom. The van der Waals surface area contributed by atoms with Crippen molar-refractivity contribution in [1.82, 2.24) is 4.90 Å². The van der Waals surface area contributed by atoms with E-state index in [9.17, 15) is 0 Å². The molecule has 3 unspecified atom stereocenters. The Labute approximate surface area is 81.5 Å². The summed E-state index contributed by atoms with van der Waals surface area (Å²) in [6.45, 7) is 5.23. The van der Waals surface area contributed by atoms with E-state index in [0.29, 0.717) is 0 Å². The van der Waals surface area contributed by atoms with E-state index in [-0.39, 0.29) is 0 Å². The van der Waals surface area contributed by atoms with Crippen molar-refractivity contribution in [1.29, 1.82) is 0 Å². The van der Waals surface area contributed by atoms with Crippen LogP contribution in [0.3, 0.4) is 0 Å². The first-order valence-electron chi connectivity index (χ1n) is 6.12. The third-order valence-electron chi connectivity index (χ3n) is 5.04. The Balaban J connectivity index is 1.85. The van der Waals surface area contributed by atoms with Crippen LogP contribution in [-0.2, 0) is 0 Å². The molecule has 1 nitrogen and oxygen atoms in total. The topological polar surface area (TPSA) is 3.24 Å². The molecule has 3 atom stereocenters. The minimum atomic E-state index is 0.735. The van der Waals surface area contributed by atoms with Gasteiger partial charge in [-0.2, -0.15) is 0 Å². The van der Waals surface area contributed by atoms with Gasteiger partial charge in [-0.15, -0.1) is 0 Å². The van der Waals surface area contributed by atoms with Gasteiger partial charge in [0.2, 0.25) is 0 Å². The van der Waals surface area contributed by atoms with Crippen molar-refractivity contribution in [3.8, 4) is 0 Å². The lowest BCUT2D eigenvalue weighted by atomic mass is 9.61. The first-order valence-corrected chi connectivity index (χ1v) is 6.12. The number of hydrogen-bond acceptors (Lipinski definition) is 1. The van der Waals surface area contributed by atoms with Gasteiger partial charge in [-0.25, -0.2) is 0 Å². The van der Waals surface area contributed by atoms with Crippen LogP contribution in [0.5, 0.6) is 0 Å². The summed E-state index contributed by atoms with van der Waals surface area (Å²) in [6.07, 6.45) is 8.97. The van der Waals surface area contributed by atoms with E-state index in [0.717, 1.165) is 17.4 Å². The quantitative estimate of drug-likeness (QED) is 0.598. The molecule has 0 radical (unpaired) electrons. The molecule has 3 rings (SSSR count). The highest BCUT2D eigenvalue weighted by Crippen LogP contribution is 2.57. The molecule has 1 spiro atoms. The van der Waals surface area contributed by atoms with Crippen LogP contribution in [0.15, 0.2) is 0 Å². The van der Waals surface area contributed by atoms with Crippen LogP contribution in [-0.4, -0.2) is 23.5 Å². The molecule has 3 aliphatic rings. The molecule has 2 heterocycles. The maximum Gasteiger partial charge on any atom is 0.0241 e. The van der Waals surface area contributed by atoms with Crippen LogP contribution in [0.4, 0.5) is 0 Å². The molecule has 1 saturated carbocycles. The normalized spacial score (nSPS) is 49.6. The van der Waals surface area contributed by atoms with E-state index < -0.39 is 0 Å². The van der Waals surface area contributed by atoms with Gasteiger partial charge in [0, 0.05) is 12.1 Å². The molecule has 2 saturated heterocycles. The number of rotatable bonds is 1. The first kappa shape index (κ1) is 8.28. The minimum Gasteiger partial charge on any atom is -0.297 e. The van der Waals surface area contributed by atoms with Crippen molar-refractivity contribution in [2.45, 2.75) is 51.0 Å². The standard InChI is InChI=1S/C12H21N/c1-2-10-9-13-8-4-3-6-12(13)7-5-11(10)12/h10-11H,2-9H2,1H3. The predicted molar refractivity (Wildman–Crippen MR) is 54.7 cm³/mol. The highest BCUT2D eigenvalue weighted by atomic mass is 15.3. The van der Waals surface area contributed by atoms with E-state index in [1.165, 1.54) is 51.6 Å². The average molecular weight is 179 g/mol. The van der Waals surface area contributed by atoms with Gasteiger partial charge < -0.3 is 0 Å². The van der Waals surface area contributed by atoms with Crippen LogP contribution >= 0.6 is 0 Å². The van der Waals surface area contributed by atoms with E-state index in [1.807, 2.05) is 0 Å². The smallest absolute Gasteiger partial charge is 0.0241 e. The lowest BCUT2D eigenvalue weighted by molar-refractivity contribution is -0.0183. The molecular weight excluding hydrogens is 158 g/mol. The lowest BCUT2D eigenvalue weighted by Gasteiger charge is -2.53. The fourth-order valence-electron chi connectivity index (χ4n) is 4.23. The summed E-state index contributed by atoms with van der Waals surface area (Å²) in [4.78, 5) is 2.85. The summed E-state index contributed by atoms with van der Waals surface area (Å²) < 4.78 is 0. The van der Waals surface area contributed by atoms with Crippen LogP contribution < -0.4 is 0 Å². The molecular formula is C12H21N. The fourth-order valence-corrected chi connectivity index (χ4v) is 4.23. The Hall–Kier alpha value is -0.0400. The Kier molecular flexibility index (Phi) is 1.74. The van der Waals surface area contributed by atoms with Crippen molar-refractivity contribution in [3.63, 3.8) is 0 Å². The van der Waals surface area contributed by atoms with Gasteiger partial charge in [0.15, 0.2) is 0 Å². The molecule has 0 bridgehead atoms. The van der Waals surface area contributed by atoms with E-state index in [2.05, 4.69) is 11.8 Å².